The van der Waals surface area contributed by atoms with Crippen LogP contribution in [0.4, 0.5) is 0 Å². The number of Topliss-reactive ketones (excluding diaryl/α,β-unsaturated/α-hetero) is 1. The zero-order valence-electron chi connectivity index (χ0n) is 19.3. The minimum Gasteiger partial charge on any atom is -0.490 e. The first-order valence-electron chi connectivity index (χ1n) is 11.2. The molecule has 0 radical (unpaired) electrons. The second-order valence-corrected chi connectivity index (χ2v) is 10.6. The number of carbonyl (C=O) groups excluding carboxylic acids is 1. The smallest absolute Gasteiger partial charge is 0.265 e. The second-order valence-electron chi connectivity index (χ2n) is 8.19. The number of ketones is 1. The molecule has 0 aromatic heterocycles. The second kappa shape index (κ2) is 9.68. The normalized spacial score (nSPS) is 14.4. The van der Waals surface area contributed by atoms with Gasteiger partial charge in [0.05, 0.1) is 4.90 Å². The molecule has 0 bridgehead atoms. The predicted molar refractivity (Wildman–Crippen MR) is 139 cm³/mol. The van der Waals surface area contributed by atoms with E-state index in [0.29, 0.717) is 21.9 Å². The lowest BCUT2D eigenvalue weighted by atomic mass is 10.0. The Morgan fingerprint density at radius 1 is 0.833 bits per heavy atom. The Kier molecular flexibility index (Phi) is 6.43. The number of halogens is 1. The molecule has 8 heteroatoms. The van der Waals surface area contributed by atoms with Crippen LogP contribution in [0.2, 0.25) is 5.02 Å². The molecule has 0 spiro atoms. The molecular weight excluding hydrogens is 498 g/mol. The molecule has 0 aliphatic carbocycles. The van der Waals surface area contributed by atoms with Crippen molar-refractivity contribution in [1.82, 2.24) is 4.31 Å². The highest BCUT2D eigenvalue weighted by Gasteiger charge is 2.39. The highest BCUT2D eigenvalue weighted by molar-refractivity contribution is 7.89. The zero-order valence-corrected chi connectivity index (χ0v) is 20.9. The first-order valence-corrected chi connectivity index (χ1v) is 13.1. The van der Waals surface area contributed by atoms with Crippen LogP contribution < -0.4 is 4.74 Å². The summed E-state index contributed by atoms with van der Waals surface area (Å²) in [4.78, 5) is 13.8. The van der Waals surface area contributed by atoms with Crippen molar-refractivity contribution in [2.45, 2.75) is 4.90 Å². The number of hydrogen-bond donors (Lipinski definition) is 0. The molecule has 0 unspecified atom stereocenters. The van der Waals surface area contributed by atoms with Gasteiger partial charge in [-0.3, -0.25) is 9.10 Å². The lowest BCUT2D eigenvalue weighted by molar-refractivity contribution is 0.100. The molecule has 1 aliphatic rings. The van der Waals surface area contributed by atoms with Gasteiger partial charge in [-0.25, -0.2) is 8.42 Å². The number of ether oxygens (including phenoxy) is 2. The largest absolute Gasteiger partial charge is 0.490 e. The number of sulfonamides is 1. The summed E-state index contributed by atoms with van der Waals surface area (Å²) in [6.45, 7) is 0.274. The molecule has 0 amide bonds. The number of carbonyl (C=O) groups is 1. The Labute approximate surface area is 214 Å². The summed E-state index contributed by atoms with van der Waals surface area (Å²) in [5.41, 5.74) is 0.658. The third kappa shape index (κ3) is 4.43. The Morgan fingerprint density at radius 2 is 1.50 bits per heavy atom. The topological polar surface area (TPSA) is 72.9 Å². The maximum absolute atomic E-state index is 13.8. The van der Waals surface area contributed by atoms with Crippen LogP contribution >= 0.6 is 11.6 Å². The first kappa shape index (κ1) is 23.9. The van der Waals surface area contributed by atoms with Gasteiger partial charge in [0.1, 0.15) is 24.7 Å². The summed E-state index contributed by atoms with van der Waals surface area (Å²) in [5.74, 6) is 0.365. The lowest BCUT2D eigenvalue weighted by Crippen LogP contribution is -2.35. The summed E-state index contributed by atoms with van der Waals surface area (Å²) < 4.78 is 39.4. The van der Waals surface area contributed by atoms with Gasteiger partial charge in [-0.05, 0) is 53.2 Å². The third-order valence-corrected chi connectivity index (χ3v) is 8.01. The molecule has 4 aromatic carbocycles. The van der Waals surface area contributed by atoms with Crippen LogP contribution in [-0.2, 0) is 14.8 Å². The molecule has 1 aliphatic heterocycles. The molecule has 0 atom stereocenters. The van der Waals surface area contributed by atoms with Crippen molar-refractivity contribution in [3.05, 3.63) is 113 Å². The molecule has 0 fully saturated rings. The minimum absolute atomic E-state index is 0.0459. The van der Waals surface area contributed by atoms with Gasteiger partial charge in [0.15, 0.2) is 5.76 Å². The molecule has 36 heavy (non-hydrogen) atoms. The summed E-state index contributed by atoms with van der Waals surface area (Å²) >= 11 is 5.92. The minimum atomic E-state index is -3.95. The third-order valence-electron chi connectivity index (χ3n) is 5.94. The van der Waals surface area contributed by atoms with Gasteiger partial charge < -0.3 is 9.47 Å². The van der Waals surface area contributed by atoms with E-state index in [9.17, 15) is 13.2 Å². The maximum Gasteiger partial charge on any atom is 0.265 e. The number of hydrogen-bond acceptors (Lipinski definition) is 5. The highest BCUT2D eigenvalue weighted by atomic mass is 35.5. The Balaban J connectivity index is 1.52. The van der Waals surface area contributed by atoms with Crippen LogP contribution in [0.3, 0.4) is 0 Å². The van der Waals surface area contributed by atoms with Gasteiger partial charge in [0, 0.05) is 23.2 Å². The summed E-state index contributed by atoms with van der Waals surface area (Å²) in [6, 6.07) is 26.4. The van der Waals surface area contributed by atoms with Crippen molar-refractivity contribution < 1.29 is 22.7 Å². The van der Waals surface area contributed by atoms with Crippen LogP contribution in [0, 0.1) is 0 Å². The van der Waals surface area contributed by atoms with Gasteiger partial charge in [-0.15, -0.1) is 0 Å². The number of rotatable bonds is 7. The van der Waals surface area contributed by atoms with Crippen molar-refractivity contribution >= 4 is 43.9 Å². The first-order chi connectivity index (χ1) is 17.4. The van der Waals surface area contributed by atoms with E-state index in [4.69, 9.17) is 21.1 Å². The van der Waals surface area contributed by atoms with Gasteiger partial charge in [0.25, 0.3) is 10.0 Å². The number of likely N-dealkylation sites (N-methyl/N-ethyl adjacent to an activating group) is 1. The Bertz CT molecular complexity index is 1600. The van der Waals surface area contributed by atoms with Crippen LogP contribution in [0.25, 0.3) is 16.5 Å². The fraction of sp³-hybridized carbons (Fsp3) is 0.107. The van der Waals surface area contributed by atoms with E-state index in [-0.39, 0.29) is 29.6 Å². The Morgan fingerprint density at radius 3 is 2.28 bits per heavy atom. The SMILES string of the molecule is CN1C(C(=O)c2ccc3ccccc3c2)=C(OCCOc2ccc(Cl)cc2)c2ccccc2S1(=O)=O. The molecule has 0 saturated carbocycles. The fourth-order valence-corrected chi connectivity index (χ4v) is 5.63. The number of benzene rings is 4. The monoisotopic (exact) mass is 519 g/mol. The van der Waals surface area contributed by atoms with Crippen LogP contribution in [0.5, 0.6) is 5.75 Å². The molecule has 4 aromatic rings. The molecule has 182 valence electrons. The van der Waals surface area contributed by atoms with Gasteiger partial charge in [-0.2, -0.15) is 0 Å². The van der Waals surface area contributed by atoms with E-state index in [1.54, 1.807) is 54.6 Å². The average molecular weight is 520 g/mol. The van der Waals surface area contributed by atoms with E-state index in [1.165, 1.54) is 13.1 Å². The van der Waals surface area contributed by atoms with Gasteiger partial charge >= 0.3 is 0 Å². The van der Waals surface area contributed by atoms with E-state index < -0.39 is 15.8 Å². The fourth-order valence-electron chi connectivity index (χ4n) is 4.11. The van der Waals surface area contributed by atoms with Crippen LogP contribution in [0.1, 0.15) is 15.9 Å². The molecule has 1 heterocycles. The average Bonchev–Trinajstić information content (AvgIpc) is 2.90. The van der Waals surface area contributed by atoms with E-state index in [1.807, 2.05) is 30.3 Å². The molecule has 6 nitrogen and oxygen atoms in total. The van der Waals surface area contributed by atoms with Crippen molar-refractivity contribution in [1.29, 1.82) is 0 Å². The summed E-state index contributed by atoms with van der Waals surface area (Å²) in [6.07, 6.45) is 0. The molecule has 0 N–H and O–H groups in total. The van der Waals surface area contributed by atoms with E-state index in [0.717, 1.165) is 15.1 Å². The maximum atomic E-state index is 13.8. The quantitative estimate of drug-likeness (QED) is 0.229. The van der Waals surface area contributed by atoms with Crippen molar-refractivity contribution in [2.24, 2.45) is 0 Å². The molecular formula is C28H22ClNO5S. The van der Waals surface area contributed by atoms with Crippen molar-refractivity contribution in [3.8, 4) is 5.75 Å². The van der Waals surface area contributed by atoms with E-state index in [2.05, 4.69) is 0 Å². The standard InChI is InChI=1S/C28H22ClNO5S/c1-30-26(27(31)21-11-10-19-6-2-3-7-20(19)18-21)28(24-8-4-5-9-25(24)36(30,32)33)35-17-16-34-23-14-12-22(29)13-15-23/h2-15,18H,16-17H2,1H3. The zero-order chi connectivity index (χ0) is 25.3. The summed E-state index contributed by atoms with van der Waals surface area (Å²) in [5, 5.41) is 2.46. The van der Waals surface area contributed by atoms with Crippen LogP contribution in [0.15, 0.2) is 102 Å². The summed E-state index contributed by atoms with van der Waals surface area (Å²) in [7, 11) is -2.58. The number of fused-ring (bicyclic) bond motifs is 2. The number of allylic oxidation sites excluding steroid dienone is 1. The van der Waals surface area contributed by atoms with Crippen molar-refractivity contribution in [2.75, 3.05) is 20.3 Å². The molecule has 0 saturated heterocycles. The van der Waals surface area contributed by atoms with Crippen molar-refractivity contribution in [3.63, 3.8) is 0 Å². The van der Waals surface area contributed by atoms with Gasteiger partial charge in [0.2, 0.25) is 5.78 Å². The lowest BCUT2D eigenvalue weighted by Gasteiger charge is -2.30. The molecule has 5 rings (SSSR count). The highest BCUT2D eigenvalue weighted by Crippen LogP contribution is 2.38. The predicted octanol–water partition coefficient (Wildman–Crippen LogP) is 5.77. The van der Waals surface area contributed by atoms with E-state index >= 15 is 0 Å². The number of nitrogens with zero attached hydrogens (tertiary/aromatic N) is 1. The van der Waals surface area contributed by atoms with Crippen LogP contribution in [-0.4, -0.2) is 38.8 Å². The van der Waals surface area contributed by atoms with Gasteiger partial charge in [-0.1, -0.05) is 60.1 Å². The Hall–Kier alpha value is -3.81.